The number of piperazine rings is 1. The fourth-order valence-electron chi connectivity index (χ4n) is 2.49. The van der Waals surface area contributed by atoms with E-state index in [1.807, 2.05) is 6.07 Å². The van der Waals surface area contributed by atoms with Gasteiger partial charge in [0.1, 0.15) is 0 Å². The number of nitrogens with one attached hydrogen (secondary N) is 1. The quantitative estimate of drug-likeness (QED) is 0.871. The maximum Gasteiger partial charge on any atom is 0.416 e. The van der Waals surface area contributed by atoms with Crippen LogP contribution < -0.4 is 10.2 Å². The zero-order chi connectivity index (χ0) is 14.2. The molecule has 0 bridgehead atoms. The van der Waals surface area contributed by atoms with Gasteiger partial charge in [-0.05, 0) is 18.2 Å². The van der Waals surface area contributed by atoms with Gasteiger partial charge < -0.3 is 10.2 Å². The molecule has 2 aromatic rings. The van der Waals surface area contributed by atoms with Crippen molar-refractivity contribution < 1.29 is 13.2 Å². The third kappa shape index (κ3) is 2.43. The molecule has 106 valence electrons. The molecule has 3 nitrogen and oxygen atoms in total. The number of benzene rings is 1. The molecule has 1 aliphatic rings. The van der Waals surface area contributed by atoms with E-state index in [0.29, 0.717) is 5.52 Å². The molecule has 0 unspecified atom stereocenters. The number of halogens is 3. The number of nitrogens with zero attached hydrogens (tertiary/aromatic N) is 2. The maximum atomic E-state index is 12.7. The molecule has 0 aliphatic carbocycles. The molecule has 0 atom stereocenters. The van der Waals surface area contributed by atoms with Gasteiger partial charge >= 0.3 is 6.18 Å². The van der Waals surface area contributed by atoms with Crippen molar-refractivity contribution in [2.45, 2.75) is 6.18 Å². The van der Waals surface area contributed by atoms with E-state index in [0.717, 1.165) is 49.4 Å². The third-order valence-corrected chi connectivity index (χ3v) is 3.50. The van der Waals surface area contributed by atoms with Crippen LogP contribution in [0.1, 0.15) is 5.56 Å². The van der Waals surface area contributed by atoms with Crippen LogP contribution >= 0.6 is 0 Å². The Kier molecular flexibility index (Phi) is 3.25. The number of anilines is 1. The monoisotopic (exact) mass is 281 g/mol. The zero-order valence-electron chi connectivity index (χ0n) is 10.7. The van der Waals surface area contributed by atoms with Gasteiger partial charge in [-0.15, -0.1) is 0 Å². The topological polar surface area (TPSA) is 28.2 Å². The number of aromatic nitrogens is 1. The van der Waals surface area contributed by atoms with Crippen molar-refractivity contribution in [1.29, 1.82) is 0 Å². The van der Waals surface area contributed by atoms with Crippen LogP contribution in [0.4, 0.5) is 18.9 Å². The van der Waals surface area contributed by atoms with Crippen molar-refractivity contribution in [2.24, 2.45) is 0 Å². The van der Waals surface area contributed by atoms with Crippen molar-refractivity contribution in [3.8, 4) is 0 Å². The van der Waals surface area contributed by atoms with Gasteiger partial charge in [-0.1, -0.05) is 6.07 Å². The minimum atomic E-state index is -4.33. The Morgan fingerprint density at radius 2 is 1.85 bits per heavy atom. The summed E-state index contributed by atoms with van der Waals surface area (Å²) in [6.07, 6.45) is -2.76. The molecule has 0 amide bonds. The number of alkyl halides is 3. The summed E-state index contributed by atoms with van der Waals surface area (Å²) in [5.41, 5.74) is 0.677. The van der Waals surface area contributed by atoms with Crippen LogP contribution in [0.2, 0.25) is 0 Å². The number of rotatable bonds is 1. The Balaban J connectivity index is 2.06. The summed E-state index contributed by atoms with van der Waals surface area (Å²) in [6.45, 7) is 3.45. The number of hydrogen-bond donors (Lipinski definition) is 1. The molecule has 1 aromatic carbocycles. The number of hydrogen-bond acceptors (Lipinski definition) is 3. The Labute approximate surface area is 114 Å². The van der Waals surface area contributed by atoms with Crippen molar-refractivity contribution >= 4 is 16.6 Å². The Bertz CT molecular complexity index is 619. The van der Waals surface area contributed by atoms with Gasteiger partial charge in [0, 0.05) is 43.4 Å². The average molecular weight is 281 g/mol. The summed E-state index contributed by atoms with van der Waals surface area (Å²) in [4.78, 5) is 6.24. The van der Waals surface area contributed by atoms with Crippen LogP contribution in [-0.2, 0) is 6.18 Å². The second-order valence-electron chi connectivity index (χ2n) is 4.80. The van der Waals surface area contributed by atoms with E-state index in [1.54, 1.807) is 6.20 Å². The van der Waals surface area contributed by atoms with Gasteiger partial charge in [0.2, 0.25) is 0 Å². The molecule has 3 rings (SSSR count). The highest BCUT2D eigenvalue weighted by atomic mass is 19.4. The fourth-order valence-corrected chi connectivity index (χ4v) is 2.49. The van der Waals surface area contributed by atoms with Crippen LogP contribution in [-0.4, -0.2) is 31.2 Å². The van der Waals surface area contributed by atoms with E-state index in [2.05, 4.69) is 15.2 Å². The highest BCUT2D eigenvalue weighted by molar-refractivity contribution is 5.92. The normalized spacial score (nSPS) is 16.6. The minimum absolute atomic E-state index is 0.385. The summed E-state index contributed by atoms with van der Waals surface area (Å²) < 4.78 is 38.2. The van der Waals surface area contributed by atoms with Gasteiger partial charge in [-0.3, -0.25) is 4.98 Å². The first-order valence-corrected chi connectivity index (χ1v) is 6.47. The van der Waals surface area contributed by atoms with Gasteiger partial charge in [-0.2, -0.15) is 13.2 Å². The van der Waals surface area contributed by atoms with Crippen LogP contribution in [0.15, 0.2) is 30.5 Å². The highest BCUT2D eigenvalue weighted by Gasteiger charge is 2.30. The molecule has 2 heterocycles. The molecule has 1 fully saturated rings. The van der Waals surface area contributed by atoms with E-state index in [4.69, 9.17) is 0 Å². The Morgan fingerprint density at radius 1 is 1.10 bits per heavy atom. The summed E-state index contributed by atoms with van der Waals surface area (Å²) in [5, 5.41) is 4.02. The van der Waals surface area contributed by atoms with E-state index in [-0.39, 0.29) is 0 Å². The Morgan fingerprint density at radius 3 is 2.55 bits per heavy atom. The summed E-state index contributed by atoms with van der Waals surface area (Å²) in [7, 11) is 0. The summed E-state index contributed by atoms with van der Waals surface area (Å²) in [5.74, 6) is 0. The van der Waals surface area contributed by atoms with Gasteiger partial charge in [0.05, 0.1) is 11.1 Å². The first-order valence-electron chi connectivity index (χ1n) is 6.47. The third-order valence-electron chi connectivity index (χ3n) is 3.50. The smallest absolute Gasteiger partial charge is 0.368 e. The SMILES string of the molecule is FC(F)(F)c1ccc2c(N3CCNCC3)ccnc2c1. The standard InChI is InChI=1S/C14H14F3N3/c15-14(16,17)10-1-2-11-12(9-10)19-4-3-13(11)20-7-5-18-6-8-20/h1-4,9,18H,5-8H2. The predicted octanol–water partition coefficient (Wildman–Crippen LogP) is 2.66. The molecule has 1 aromatic heterocycles. The van der Waals surface area contributed by atoms with Gasteiger partial charge in [-0.25, -0.2) is 0 Å². The molecule has 6 heteroatoms. The summed E-state index contributed by atoms with van der Waals surface area (Å²) >= 11 is 0. The molecule has 0 saturated carbocycles. The molecule has 0 spiro atoms. The van der Waals surface area contributed by atoms with Crippen molar-refractivity contribution in [1.82, 2.24) is 10.3 Å². The highest BCUT2D eigenvalue weighted by Crippen LogP contribution is 2.33. The van der Waals surface area contributed by atoms with Crippen molar-refractivity contribution in [3.63, 3.8) is 0 Å². The number of pyridine rings is 1. The largest absolute Gasteiger partial charge is 0.416 e. The lowest BCUT2D eigenvalue weighted by Crippen LogP contribution is -2.43. The summed E-state index contributed by atoms with van der Waals surface area (Å²) in [6, 6.07) is 5.61. The molecule has 1 saturated heterocycles. The average Bonchev–Trinajstić information content (AvgIpc) is 2.46. The minimum Gasteiger partial charge on any atom is -0.368 e. The van der Waals surface area contributed by atoms with Crippen molar-refractivity contribution in [2.75, 3.05) is 31.1 Å². The van der Waals surface area contributed by atoms with E-state index in [9.17, 15) is 13.2 Å². The molecule has 1 aliphatic heterocycles. The molecular formula is C14H14F3N3. The fraction of sp³-hybridized carbons (Fsp3) is 0.357. The maximum absolute atomic E-state index is 12.7. The number of fused-ring (bicyclic) bond motifs is 1. The lowest BCUT2D eigenvalue weighted by atomic mass is 10.1. The van der Waals surface area contributed by atoms with Crippen LogP contribution in [0.5, 0.6) is 0 Å². The van der Waals surface area contributed by atoms with E-state index < -0.39 is 11.7 Å². The molecule has 1 N–H and O–H groups in total. The van der Waals surface area contributed by atoms with Crippen LogP contribution in [0.25, 0.3) is 10.9 Å². The second-order valence-corrected chi connectivity index (χ2v) is 4.80. The predicted molar refractivity (Wildman–Crippen MR) is 71.8 cm³/mol. The van der Waals surface area contributed by atoms with Gasteiger partial charge in [0.15, 0.2) is 0 Å². The van der Waals surface area contributed by atoms with Crippen LogP contribution in [0, 0.1) is 0 Å². The van der Waals surface area contributed by atoms with Crippen LogP contribution in [0.3, 0.4) is 0 Å². The van der Waals surface area contributed by atoms with E-state index >= 15 is 0 Å². The van der Waals surface area contributed by atoms with Crippen molar-refractivity contribution in [3.05, 3.63) is 36.0 Å². The first-order chi connectivity index (χ1) is 9.55. The van der Waals surface area contributed by atoms with E-state index in [1.165, 1.54) is 6.07 Å². The van der Waals surface area contributed by atoms with Gasteiger partial charge in [0.25, 0.3) is 0 Å². The first kappa shape index (κ1) is 13.2. The molecule has 0 radical (unpaired) electrons. The molecule has 20 heavy (non-hydrogen) atoms. The Hall–Kier alpha value is -1.82. The lowest BCUT2D eigenvalue weighted by molar-refractivity contribution is -0.137. The second kappa shape index (κ2) is 4.94. The lowest BCUT2D eigenvalue weighted by Gasteiger charge is -2.30. The molecular weight excluding hydrogens is 267 g/mol. The zero-order valence-corrected chi connectivity index (χ0v) is 10.7.